The first-order valence-electron chi connectivity index (χ1n) is 11.1. The minimum Gasteiger partial charge on any atom is -0.457 e. The molecule has 1 atom stereocenters. The second-order valence-corrected chi connectivity index (χ2v) is 7.88. The maximum Gasteiger partial charge on any atom is 0.265 e. The van der Waals surface area contributed by atoms with Crippen molar-refractivity contribution < 1.29 is 14.3 Å². The molecule has 0 saturated carbocycles. The Morgan fingerprint density at radius 1 is 0.829 bits per heavy atom. The number of imide groups is 1. The number of rotatable bonds is 7. The van der Waals surface area contributed by atoms with Gasteiger partial charge in [-0.05, 0) is 72.6 Å². The lowest BCUT2D eigenvalue weighted by Crippen LogP contribution is -2.48. The summed E-state index contributed by atoms with van der Waals surface area (Å²) < 4.78 is 5.88. The average molecular weight is 462 g/mol. The normalized spacial score (nSPS) is 11.2. The number of para-hydroxylation sites is 2. The molecule has 0 bridgehead atoms. The molecule has 0 saturated heterocycles. The third-order valence-corrected chi connectivity index (χ3v) is 5.35. The molecule has 0 fully saturated rings. The molecule has 2 amide bonds. The number of hydrogen-bond acceptors (Lipinski definition) is 5. The number of benzene rings is 4. The molecule has 6 nitrogen and oxygen atoms in total. The summed E-state index contributed by atoms with van der Waals surface area (Å²) in [6.07, 6.45) is 0.217. The van der Waals surface area contributed by atoms with Gasteiger partial charge in [-0.25, -0.2) is 4.90 Å². The summed E-state index contributed by atoms with van der Waals surface area (Å²) in [5.41, 5.74) is 8.26. The molecule has 35 heavy (non-hydrogen) atoms. The van der Waals surface area contributed by atoms with Gasteiger partial charge in [-0.2, -0.15) is 5.26 Å². The third-order valence-electron chi connectivity index (χ3n) is 5.35. The molecule has 0 heterocycles. The average Bonchev–Trinajstić information content (AvgIpc) is 2.90. The number of carbonyl (C=O) groups is 2. The first kappa shape index (κ1) is 23.4. The zero-order valence-electron chi connectivity index (χ0n) is 18.9. The molecule has 172 valence electrons. The van der Waals surface area contributed by atoms with Crippen LogP contribution in [-0.2, 0) is 11.2 Å². The first-order valence-corrected chi connectivity index (χ1v) is 11.1. The predicted molar refractivity (Wildman–Crippen MR) is 134 cm³/mol. The van der Waals surface area contributed by atoms with Gasteiger partial charge in [-0.15, -0.1) is 0 Å². The molecular weight excluding hydrogens is 438 g/mol. The van der Waals surface area contributed by atoms with Gasteiger partial charge in [0, 0.05) is 5.56 Å². The molecule has 2 N–H and O–H groups in total. The second-order valence-electron chi connectivity index (χ2n) is 7.88. The number of carbonyl (C=O) groups excluding carboxylic acids is 2. The highest BCUT2D eigenvalue weighted by molar-refractivity contribution is 6.22. The lowest BCUT2D eigenvalue weighted by atomic mass is 10.0. The van der Waals surface area contributed by atoms with E-state index in [1.807, 2.05) is 60.7 Å². The second kappa shape index (κ2) is 10.9. The van der Waals surface area contributed by atoms with Gasteiger partial charge < -0.3 is 10.5 Å². The Balaban J connectivity index is 1.56. The van der Waals surface area contributed by atoms with Crippen LogP contribution in [0.15, 0.2) is 109 Å². The summed E-state index contributed by atoms with van der Waals surface area (Å²) in [6.45, 7) is 0. The highest BCUT2D eigenvalue weighted by Gasteiger charge is 2.29. The van der Waals surface area contributed by atoms with Crippen LogP contribution in [0.4, 0.5) is 5.69 Å². The van der Waals surface area contributed by atoms with Crippen LogP contribution in [0.1, 0.15) is 21.5 Å². The van der Waals surface area contributed by atoms with Gasteiger partial charge in [-0.1, -0.05) is 48.5 Å². The molecule has 0 aliphatic heterocycles. The summed E-state index contributed by atoms with van der Waals surface area (Å²) in [5.74, 6) is 0.289. The molecule has 4 aromatic carbocycles. The maximum atomic E-state index is 13.5. The van der Waals surface area contributed by atoms with Crippen molar-refractivity contribution in [1.29, 1.82) is 5.26 Å². The van der Waals surface area contributed by atoms with E-state index in [4.69, 9.17) is 15.7 Å². The van der Waals surface area contributed by atoms with E-state index in [-0.39, 0.29) is 12.0 Å². The minimum atomic E-state index is -0.968. The molecule has 0 aliphatic rings. The quantitative estimate of drug-likeness (QED) is 0.413. The lowest BCUT2D eigenvalue weighted by Gasteiger charge is -2.24. The number of hydrogen-bond donors (Lipinski definition) is 1. The fraction of sp³-hybridized carbons (Fsp3) is 0.0690. The van der Waals surface area contributed by atoms with Crippen molar-refractivity contribution in [3.05, 3.63) is 126 Å². The molecule has 0 aromatic heterocycles. The van der Waals surface area contributed by atoms with E-state index in [2.05, 4.69) is 0 Å². The lowest BCUT2D eigenvalue weighted by molar-refractivity contribution is -0.119. The van der Waals surface area contributed by atoms with Gasteiger partial charge in [0.15, 0.2) is 0 Å². The van der Waals surface area contributed by atoms with E-state index in [9.17, 15) is 9.59 Å². The van der Waals surface area contributed by atoms with Crippen molar-refractivity contribution in [3.8, 4) is 17.6 Å². The fourth-order valence-corrected chi connectivity index (χ4v) is 3.61. The van der Waals surface area contributed by atoms with E-state index in [0.717, 1.165) is 10.5 Å². The predicted octanol–water partition coefficient (Wildman–Crippen LogP) is 5.09. The molecule has 6 heteroatoms. The van der Waals surface area contributed by atoms with Crippen LogP contribution < -0.4 is 15.4 Å². The number of nitrogens with two attached hydrogens (primary N) is 1. The Morgan fingerprint density at radius 2 is 1.46 bits per heavy atom. The van der Waals surface area contributed by atoms with Gasteiger partial charge in [-0.3, -0.25) is 9.59 Å². The van der Waals surface area contributed by atoms with Gasteiger partial charge in [0.1, 0.15) is 11.5 Å². The highest BCUT2D eigenvalue weighted by Crippen LogP contribution is 2.23. The summed E-state index contributed by atoms with van der Waals surface area (Å²) in [6, 6.07) is 32.6. The van der Waals surface area contributed by atoms with Crippen LogP contribution in [0.2, 0.25) is 0 Å². The molecule has 0 aliphatic carbocycles. The van der Waals surface area contributed by atoms with Crippen LogP contribution in [-0.4, -0.2) is 17.9 Å². The van der Waals surface area contributed by atoms with Crippen molar-refractivity contribution in [1.82, 2.24) is 0 Å². The van der Waals surface area contributed by atoms with Crippen molar-refractivity contribution >= 4 is 17.5 Å². The summed E-state index contributed by atoms with van der Waals surface area (Å²) in [5, 5.41) is 9.03. The fourth-order valence-electron chi connectivity index (χ4n) is 3.61. The number of amides is 2. The highest BCUT2D eigenvalue weighted by atomic mass is 16.5. The van der Waals surface area contributed by atoms with E-state index in [1.54, 1.807) is 42.5 Å². The largest absolute Gasteiger partial charge is 0.457 e. The zero-order valence-corrected chi connectivity index (χ0v) is 18.9. The van der Waals surface area contributed by atoms with Gasteiger partial charge >= 0.3 is 0 Å². The molecular formula is C29H23N3O3. The molecule has 0 radical (unpaired) electrons. The first-order chi connectivity index (χ1) is 17.0. The third kappa shape index (κ3) is 5.80. The zero-order chi connectivity index (χ0) is 24.6. The van der Waals surface area contributed by atoms with Crippen molar-refractivity contribution in [2.24, 2.45) is 5.73 Å². The van der Waals surface area contributed by atoms with Crippen LogP contribution in [0.25, 0.3) is 0 Å². The topological polar surface area (TPSA) is 96.4 Å². The Bertz CT molecular complexity index is 1350. The van der Waals surface area contributed by atoms with Crippen molar-refractivity contribution in [2.45, 2.75) is 12.5 Å². The van der Waals surface area contributed by atoms with Gasteiger partial charge in [0.25, 0.3) is 11.8 Å². The molecule has 0 spiro atoms. The van der Waals surface area contributed by atoms with Crippen LogP contribution in [0.3, 0.4) is 0 Å². The Hall–Kier alpha value is -4.73. The number of nitrogens with zero attached hydrogens (tertiary/aromatic N) is 2. The molecule has 4 aromatic rings. The maximum absolute atomic E-state index is 13.5. The summed E-state index contributed by atoms with van der Waals surface area (Å²) >= 11 is 0. The minimum absolute atomic E-state index is 0.217. The summed E-state index contributed by atoms with van der Waals surface area (Å²) in [4.78, 5) is 27.9. The van der Waals surface area contributed by atoms with Crippen LogP contribution in [0.5, 0.6) is 11.5 Å². The molecule has 4 rings (SSSR count). The van der Waals surface area contributed by atoms with Crippen molar-refractivity contribution in [2.75, 3.05) is 4.90 Å². The smallest absolute Gasteiger partial charge is 0.265 e. The monoisotopic (exact) mass is 461 g/mol. The van der Waals surface area contributed by atoms with E-state index < -0.39 is 17.9 Å². The van der Waals surface area contributed by atoms with E-state index in [0.29, 0.717) is 22.7 Å². The number of ether oxygens (including phenoxy) is 1. The van der Waals surface area contributed by atoms with E-state index in [1.165, 1.54) is 12.1 Å². The van der Waals surface area contributed by atoms with Gasteiger partial charge in [0.05, 0.1) is 23.4 Å². The Kier molecular flexibility index (Phi) is 7.31. The van der Waals surface area contributed by atoms with Crippen LogP contribution in [0, 0.1) is 11.3 Å². The van der Waals surface area contributed by atoms with E-state index >= 15 is 0 Å². The number of nitriles is 1. The Labute approximate surface area is 203 Å². The summed E-state index contributed by atoms with van der Waals surface area (Å²) in [7, 11) is 0. The SMILES string of the molecule is N#Cc1ccc(C(=O)N(C(=O)C(N)Cc2cccc(Oc3ccccc3)c2)c2ccccc2)cc1. The van der Waals surface area contributed by atoms with Crippen molar-refractivity contribution in [3.63, 3.8) is 0 Å². The van der Waals surface area contributed by atoms with Crippen LogP contribution >= 0.6 is 0 Å². The standard InChI is InChI=1S/C29H23N3O3/c30-20-21-14-16-23(17-15-21)28(33)32(24-9-3-1-4-10-24)29(34)27(31)19-22-8-7-13-26(18-22)35-25-11-5-2-6-12-25/h1-18,27H,19,31H2. The Morgan fingerprint density at radius 3 is 2.11 bits per heavy atom. The number of anilines is 1. The molecule has 1 unspecified atom stereocenters. The van der Waals surface area contributed by atoms with Gasteiger partial charge in [0.2, 0.25) is 0 Å².